The Bertz CT molecular complexity index is 6850. The first-order valence-corrected chi connectivity index (χ1v) is 35.7. The van der Waals surface area contributed by atoms with Gasteiger partial charge in [-0.1, -0.05) is 243 Å². The lowest BCUT2D eigenvalue weighted by Gasteiger charge is -2.17. The predicted octanol–water partition coefficient (Wildman–Crippen LogP) is 25.7. The molecular weight excluding hydrogens is 1260 g/mol. The van der Waals surface area contributed by atoms with E-state index in [0.717, 1.165) is 117 Å². The molecule has 6 nitrogen and oxygen atoms in total. The van der Waals surface area contributed by atoms with Gasteiger partial charge in [0.2, 0.25) is 0 Å². The van der Waals surface area contributed by atoms with E-state index >= 15 is 0 Å². The zero-order valence-electron chi connectivity index (χ0n) is 56.3. The Kier molecular flexibility index (Phi) is 12.7. The number of rotatable bonds is 10. The maximum atomic E-state index is 5.94. The molecule has 0 unspecified atom stereocenters. The van der Waals surface area contributed by atoms with Gasteiger partial charge in [-0.3, -0.25) is 0 Å². The molecule has 0 saturated carbocycles. The summed E-state index contributed by atoms with van der Waals surface area (Å²) in [5.41, 5.74) is 29.7. The van der Waals surface area contributed by atoms with E-state index in [1.54, 1.807) is 0 Å². The largest absolute Gasteiger partial charge is 0.309 e. The van der Waals surface area contributed by atoms with Gasteiger partial charge in [0.05, 0.1) is 55.5 Å². The molecule has 0 radical (unpaired) electrons. The minimum Gasteiger partial charge on any atom is -0.309 e. The van der Waals surface area contributed by atoms with E-state index in [2.05, 4.69) is 382 Å². The highest BCUT2D eigenvalue weighted by Crippen LogP contribution is 2.52. The molecule has 0 bridgehead atoms. The first kappa shape index (κ1) is 57.9. The summed E-state index contributed by atoms with van der Waals surface area (Å²) in [5, 5.41) is 11.9. The first-order chi connectivity index (χ1) is 51.6. The first-order valence-electron chi connectivity index (χ1n) is 35.7. The average molecular weight is 1320 g/mol. The molecular formula is C98H60N6. The van der Waals surface area contributed by atoms with Crippen molar-refractivity contribution in [2.75, 3.05) is 0 Å². The lowest BCUT2D eigenvalue weighted by Crippen LogP contribution is -2.02. The molecule has 0 spiro atoms. The second kappa shape index (κ2) is 22.8. The summed E-state index contributed by atoms with van der Waals surface area (Å²) >= 11 is 0. The fourth-order valence-electron chi connectivity index (χ4n) is 17.3. The summed E-state index contributed by atoms with van der Waals surface area (Å²) < 4.78 is 9.70. The highest BCUT2D eigenvalue weighted by Gasteiger charge is 2.30. The van der Waals surface area contributed by atoms with Gasteiger partial charge in [0, 0.05) is 88.1 Å². The van der Waals surface area contributed by atoms with Gasteiger partial charge in [0.15, 0.2) is 5.82 Å². The smallest absolute Gasteiger partial charge is 0.160 e. The van der Waals surface area contributed by atoms with Gasteiger partial charge in [-0.15, -0.1) is 0 Å². The molecule has 0 aliphatic heterocycles. The van der Waals surface area contributed by atoms with E-state index in [0.29, 0.717) is 5.82 Å². The zero-order chi connectivity index (χ0) is 68.1. The van der Waals surface area contributed by atoms with Crippen LogP contribution in [-0.2, 0) is 0 Å². The summed E-state index contributed by atoms with van der Waals surface area (Å²) in [6.45, 7) is 0. The molecule has 16 aromatic carbocycles. The van der Waals surface area contributed by atoms with Gasteiger partial charge in [0.25, 0.3) is 0 Å². The summed E-state index contributed by atoms with van der Waals surface area (Å²) in [4.78, 5) is 11.8. The maximum absolute atomic E-state index is 5.94. The summed E-state index contributed by atoms with van der Waals surface area (Å²) in [7, 11) is 0. The fourth-order valence-corrected chi connectivity index (χ4v) is 17.3. The Labute approximate surface area is 598 Å². The van der Waals surface area contributed by atoms with Crippen molar-refractivity contribution in [2.24, 2.45) is 0 Å². The molecule has 6 heteroatoms. The molecule has 0 atom stereocenters. The van der Waals surface area contributed by atoms with Crippen molar-refractivity contribution in [2.45, 2.75) is 0 Å². The second-order valence-electron chi connectivity index (χ2n) is 27.6. The number of nitrogens with zero attached hydrogens (tertiary/aromatic N) is 6. The van der Waals surface area contributed by atoms with Gasteiger partial charge in [-0.2, -0.15) is 0 Å². The number of aromatic nitrogens is 6. The third-order valence-electron chi connectivity index (χ3n) is 21.9. The van der Waals surface area contributed by atoms with Crippen LogP contribution in [0.2, 0.25) is 0 Å². The predicted molar refractivity (Wildman–Crippen MR) is 434 cm³/mol. The number of benzene rings is 16. The monoisotopic (exact) mass is 1320 g/mol. The van der Waals surface area contributed by atoms with Crippen molar-refractivity contribution < 1.29 is 0 Å². The average Bonchev–Trinajstić information content (AvgIpc) is 1.56. The van der Waals surface area contributed by atoms with E-state index in [1.807, 2.05) is 0 Å². The van der Waals surface area contributed by atoms with Crippen LogP contribution in [0, 0.1) is 0 Å². The van der Waals surface area contributed by atoms with Crippen LogP contribution in [0.4, 0.5) is 0 Å². The minimum absolute atomic E-state index is 0.640. The minimum atomic E-state index is 0.640. The Morgan fingerprint density at radius 2 is 0.529 bits per heavy atom. The molecule has 21 aromatic rings. The lowest BCUT2D eigenvalue weighted by atomic mass is 9.92. The molecule has 1 aliphatic rings. The molecule has 22 rings (SSSR count). The fraction of sp³-hybridized carbons (Fsp3) is 0. The van der Waals surface area contributed by atoms with Crippen LogP contribution in [0.25, 0.3) is 210 Å². The van der Waals surface area contributed by atoms with Crippen molar-refractivity contribution in [3.8, 4) is 112 Å². The van der Waals surface area contributed by atoms with Crippen molar-refractivity contribution in [1.29, 1.82) is 0 Å². The summed E-state index contributed by atoms with van der Waals surface area (Å²) in [6.07, 6.45) is 0. The molecule has 0 fully saturated rings. The highest BCUT2D eigenvalue weighted by atomic mass is 15.0. The van der Waals surface area contributed by atoms with E-state index in [4.69, 9.17) is 9.97 Å². The van der Waals surface area contributed by atoms with Gasteiger partial charge in [0.1, 0.15) is 0 Å². The Morgan fingerprint density at radius 1 is 0.183 bits per heavy atom. The normalized spacial score (nSPS) is 12.0. The van der Waals surface area contributed by atoms with E-state index in [9.17, 15) is 0 Å². The maximum Gasteiger partial charge on any atom is 0.160 e. The van der Waals surface area contributed by atoms with Crippen LogP contribution in [0.5, 0.6) is 0 Å². The quantitative estimate of drug-likeness (QED) is 0.137. The van der Waals surface area contributed by atoms with E-state index in [-0.39, 0.29) is 0 Å². The summed E-state index contributed by atoms with van der Waals surface area (Å²) in [6, 6.07) is 134. The molecule has 104 heavy (non-hydrogen) atoms. The van der Waals surface area contributed by atoms with Crippen molar-refractivity contribution in [3.05, 3.63) is 364 Å². The van der Waals surface area contributed by atoms with Crippen molar-refractivity contribution in [1.82, 2.24) is 28.2 Å². The Hall–Kier alpha value is -13.9. The van der Waals surface area contributed by atoms with E-state index < -0.39 is 0 Å². The molecule has 0 N–H and O–H groups in total. The molecule has 5 heterocycles. The number of hydrogen-bond acceptors (Lipinski definition) is 2. The van der Waals surface area contributed by atoms with Gasteiger partial charge < -0.3 is 18.3 Å². The molecule has 0 saturated heterocycles. The van der Waals surface area contributed by atoms with Crippen LogP contribution < -0.4 is 0 Å². The lowest BCUT2D eigenvalue weighted by molar-refractivity contribution is 1.12. The van der Waals surface area contributed by atoms with Gasteiger partial charge >= 0.3 is 0 Å². The third kappa shape index (κ3) is 8.82. The number of para-hydroxylation sites is 6. The highest BCUT2D eigenvalue weighted by molar-refractivity contribution is 6.19. The zero-order valence-corrected chi connectivity index (χ0v) is 56.3. The van der Waals surface area contributed by atoms with Crippen LogP contribution in [0.3, 0.4) is 0 Å². The topological polar surface area (TPSA) is 45.5 Å². The van der Waals surface area contributed by atoms with Crippen molar-refractivity contribution >= 4 is 98.0 Å². The van der Waals surface area contributed by atoms with Crippen LogP contribution in [-0.4, -0.2) is 28.2 Å². The standard InChI is InChI=1S/C98H60N6/c1-4-23-61(24-5-1)74-33-10-11-34-75(74)67-27-20-28-68(53-67)96-95-80-39-21-25-62-26-22-40-81(94(62)80)97(95)100-98(99-96)69-54-72(103-88-43-18-14-37-78(88)84-58-65(47-51-92(84)103)63-45-49-90-82(56-63)76-35-12-16-41-86(76)101(90)70-29-6-2-7-30-70)60-73(55-69)104-89-44-19-15-38-79(89)85-59-66(48-52-93(85)104)64-46-50-91-83(57-64)77-36-13-17-42-87(77)102(91)71-31-8-3-9-32-71/h1-60H. The van der Waals surface area contributed by atoms with Gasteiger partial charge in [-0.25, -0.2) is 9.97 Å². The van der Waals surface area contributed by atoms with Gasteiger partial charge in [-0.05, 0) is 182 Å². The summed E-state index contributed by atoms with van der Waals surface area (Å²) in [5.74, 6) is 0.640. The molecule has 482 valence electrons. The number of hydrogen-bond donors (Lipinski definition) is 0. The SMILES string of the molecule is c1ccc(-c2ccccc2-c2cccc(-c3nc(-c4cc(-n5c6ccccc6c6cc(-c7ccc8c(c7)c7ccccc7n8-c7ccccc7)ccc65)cc(-n5c6ccccc6c6cc(-c7ccc8c(c7)c7ccccc7n8-c7ccccc7)ccc65)c4)nc4c3-c3cccc5cccc-4c35)c2)cc1. The van der Waals surface area contributed by atoms with Crippen LogP contribution in [0.15, 0.2) is 364 Å². The Morgan fingerprint density at radius 3 is 1.00 bits per heavy atom. The molecule has 5 aromatic heterocycles. The van der Waals surface area contributed by atoms with Crippen LogP contribution in [0.1, 0.15) is 0 Å². The van der Waals surface area contributed by atoms with E-state index in [1.165, 1.54) is 87.1 Å². The Balaban J connectivity index is 0.766. The number of fused-ring (bicyclic) bond motifs is 15. The third-order valence-corrected chi connectivity index (χ3v) is 21.9. The van der Waals surface area contributed by atoms with Crippen molar-refractivity contribution in [3.63, 3.8) is 0 Å². The molecule has 1 aliphatic carbocycles. The second-order valence-corrected chi connectivity index (χ2v) is 27.6. The molecule has 0 amide bonds. The van der Waals surface area contributed by atoms with Crippen LogP contribution >= 0.6 is 0 Å².